The average Bonchev–Trinajstić information content (AvgIpc) is 2.57. The molecule has 126 valence electrons. The topological polar surface area (TPSA) is 34.1 Å². The highest BCUT2D eigenvalue weighted by atomic mass is 32.2. The largest absolute Gasteiger partial charge is 0.229 e. The summed E-state index contributed by atoms with van der Waals surface area (Å²) in [7, 11) is -2.66. The number of hydrogen-bond donors (Lipinski definition) is 0. The second kappa shape index (κ2) is 14.6. The molecule has 0 N–H and O–H groups in total. The summed E-state index contributed by atoms with van der Waals surface area (Å²) >= 11 is 0. The van der Waals surface area contributed by atoms with Crippen LogP contribution in [0.5, 0.6) is 0 Å². The molecule has 0 aliphatic rings. The van der Waals surface area contributed by atoms with Gasteiger partial charge in [0.15, 0.2) is 0 Å². The summed E-state index contributed by atoms with van der Waals surface area (Å²) in [6, 6.07) is 16.7. The first-order valence-electron chi connectivity index (χ1n) is 8.06. The van der Waals surface area contributed by atoms with Crippen LogP contribution in [-0.2, 0) is 9.84 Å². The van der Waals surface area contributed by atoms with E-state index in [1.807, 2.05) is 13.8 Å². The van der Waals surface area contributed by atoms with E-state index in [1.54, 1.807) is 6.92 Å². The standard InChI is InChI=1S/C10H8.C4H10.C3H8O2S.C2H6/c1-2-6-10-8-4-3-7-9(10)5-1;1-3-4-2;1-3-6(2,4)5;1-2/h1-8H;3-4H2,1-2H3;3H2,1-2H3;1-2H3. The molecule has 0 saturated heterocycles. The van der Waals surface area contributed by atoms with Gasteiger partial charge < -0.3 is 0 Å². The fourth-order valence-electron chi connectivity index (χ4n) is 1.13. The zero-order valence-electron chi connectivity index (χ0n) is 15.0. The third-order valence-electron chi connectivity index (χ3n) is 2.68. The maximum absolute atomic E-state index is 10.0. The molecule has 2 rings (SSSR count). The molecule has 22 heavy (non-hydrogen) atoms. The first-order chi connectivity index (χ1) is 10.4. The number of benzene rings is 2. The lowest BCUT2D eigenvalue weighted by atomic mass is 10.1. The summed E-state index contributed by atoms with van der Waals surface area (Å²) in [5.74, 6) is 0.243. The van der Waals surface area contributed by atoms with Gasteiger partial charge in [-0.05, 0) is 10.8 Å². The molecule has 0 bridgehead atoms. The molecule has 2 nitrogen and oxygen atoms in total. The van der Waals surface area contributed by atoms with Gasteiger partial charge in [0, 0.05) is 12.0 Å². The van der Waals surface area contributed by atoms with E-state index < -0.39 is 9.84 Å². The molecule has 0 aliphatic carbocycles. The molecule has 0 spiro atoms. The first kappa shape index (κ1) is 22.9. The molecule has 0 aliphatic heterocycles. The minimum Gasteiger partial charge on any atom is -0.229 e. The van der Waals surface area contributed by atoms with Crippen molar-refractivity contribution in [3.63, 3.8) is 0 Å². The summed E-state index contributed by atoms with van der Waals surface area (Å²) in [6.45, 7) is 9.98. The van der Waals surface area contributed by atoms with Crippen molar-refractivity contribution < 1.29 is 8.42 Å². The summed E-state index contributed by atoms with van der Waals surface area (Å²) in [5, 5.41) is 2.62. The van der Waals surface area contributed by atoms with Crippen molar-refractivity contribution in [2.45, 2.75) is 47.5 Å². The Labute approximate surface area is 137 Å². The van der Waals surface area contributed by atoms with Crippen LogP contribution in [0.4, 0.5) is 0 Å². The molecule has 0 radical (unpaired) electrons. The average molecular weight is 325 g/mol. The Hall–Kier alpha value is -1.35. The van der Waals surface area contributed by atoms with E-state index in [0.29, 0.717) is 0 Å². The van der Waals surface area contributed by atoms with Crippen LogP contribution in [0.15, 0.2) is 48.5 Å². The quantitative estimate of drug-likeness (QED) is 0.707. The van der Waals surface area contributed by atoms with Gasteiger partial charge in [-0.2, -0.15) is 0 Å². The minimum atomic E-state index is -2.66. The molecule has 0 saturated carbocycles. The normalized spacial score (nSPS) is 9.36. The van der Waals surface area contributed by atoms with E-state index >= 15 is 0 Å². The van der Waals surface area contributed by atoms with Gasteiger partial charge in [0.2, 0.25) is 0 Å². The molecule has 0 atom stereocenters. The Bertz CT molecular complexity index is 507. The Morgan fingerprint density at radius 2 is 0.955 bits per heavy atom. The van der Waals surface area contributed by atoms with Crippen LogP contribution < -0.4 is 0 Å². The van der Waals surface area contributed by atoms with E-state index in [1.165, 1.54) is 29.9 Å². The minimum absolute atomic E-state index is 0.243. The van der Waals surface area contributed by atoms with Crippen molar-refractivity contribution in [1.82, 2.24) is 0 Å². The van der Waals surface area contributed by atoms with Crippen molar-refractivity contribution in [2.24, 2.45) is 0 Å². The lowest BCUT2D eigenvalue weighted by molar-refractivity contribution is 0.603. The molecule has 2 aromatic rings. The molecule has 3 heteroatoms. The van der Waals surface area contributed by atoms with Crippen LogP contribution in [-0.4, -0.2) is 20.4 Å². The number of unbranched alkanes of at least 4 members (excludes halogenated alkanes) is 1. The van der Waals surface area contributed by atoms with Gasteiger partial charge in [-0.3, -0.25) is 0 Å². The van der Waals surface area contributed by atoms with E-state index in [-0.39, 0.29) is 5.75 Å². The zero-order chi connectivity index (χ0) is 17.4. The maximum atomic E-state index is 10.0. The van der Waals surface area contributed by atoms with Gasteiger partial charge in [-0.15, -0.1) is 0 Å². The summed E-state index contributed by atoms with van der Waals surface area (Å²) in [6.07, 6.45) is 3.85. The Morgan fingerprint density at radius 1 is 0.727 bits per heavy atom. The van der Waals surface area contributed by atoms with Crippen LogP contribution >= 0.6 is 0 Å². The SMILES string of the molecule is CC.CCCC.CCS(C)(=O)=O.c1ccc2ccccc2c1. The second-order valence-corrected chi connectivity index (χ2v) is 6.99. The number of rotatable bonds is 2. The van der Waals surface area contributed by atoms with E-state index in [2.05, 4.69) is 62.4 Å². The Morgan fingerprint density at radius 3 is 1.09 bits per heavy atom. The maximum Gasteiger partial charge on any atom is 0.147 e. The highest BCUT2D eigenvalue weighted by Crippen LogP contribution is 2.11. The van der Waals surface area contributed by atoms with Crippen molar-refractivity contribution in [3.8, 4) is 0 Å². The van der Waals surface area contributed by atoms with Crippen LogP contribution in [0.3, 0.4) is 0 Å². The van der Waals surface area contributed by atoms with E-state index in [4.69, 9.17) is 0 Å². The molecular weight excluding hydrogens is 292 g/mol. The molecule has 0 aromatic heterocycles. The van der Waals surface area contributed by atoms with Gasteiger partial charge in [0.25, 0.3) is 0 Å². The van der Waals surface area contributed by atoms with E-state index in [0.717, 1.165) is 0 Å². The highest BCUT2D eigenvalue weighted by molar-refractivity contribution is 7.90. The van der Waals surface area contributed by atoms with Crippen molar-refractivity contribution in [3.05, 3.63) is 48.5 Å². The van der Waals surface area contributed by atoms with Gasteiger partial charge >= 0.3 is 0 Å². The lowest BCUT2D eigenvalue weighted by Crippen LogP contribution is -1.96. The third kappa shape index (κ3) is 13.6. The molecule has 0 fully saturated rings. The third-order valence-corrected chi connectivity index (χ3v) is 3.73. The molecule has 0 amide bonds. The zero-order valence-corrected chi connectivity index (χ0v) is 15.8. The fraction of sp³-hybridized carbons (Fsp3) is 0.474. The number of hydrogen-bond acceptors (Lipinski definition) is 2. The van der Waals surface area contributed by atoms with Crippen LogP contribution in [0.1, 0.15) is 47.5 Å². The van der Waals surface area contributed by atoms with Gasteiger partial charge in [-0.25, -0.2) is 8.42 Å². The number of sulfone groups is 1. The molecular formula is C19H32O2S. The Kier molecular flexibility index (Phi) is 15.2. The first-order valence-corrected chi connectivity index (χ1v) is 10.1. The Balaban J connectivity index is 0. The van der Waals surface area contributed by atoms with E-state index in [9.17, 15) is 8.42 Å². The van der Waals surface area contributed by atoms with Crippen LogP contribution in [0, 0.1) is 0 Å². The van der Waals surface area contributed by atoms with Crippen molar-refractivity contribution in [2.75, 3.05) is 12.0 Å². The smallest absolute Gasteiger partial charge is 0.147 e. The predicted octanol–water partition coefficient (Wildman–Crippen LogP) is 5.72. The monoisotopic (exact) mass is 324 g/mol. The fourth-order valence-corrected chi connectivity index (χ4v) is 1.13. The van der Waals surface area contributed by atoms with Crippen LogP contribution in [0.25, 0.3) is 10.8 Å². The van der Waals surface area contributed by atoms with Crippen molar-refractivity contribution >= 4 is 20.6 Å². The molecule has 0 unspecified atom stereocenters. The summed E-state index contributed by atoms with van der Waals surface area (Å²) in [4.78, 5) is 0. The molecule has 0 heterocycles. The predicted molar refractivity (Wildman–Crippen MR) is 101 cm³/mol. The lowest BCUT2D eigenvalue weighted by Gasteiger charge is -1.92. The second-order valence-electron chi connectivity index (χ2n) is 4.56. The van der Waals surface area contributed by atoms with Gasteiger partial charge in [0.1, 0.15) is 9.84 Å². The summed E-state index contributed by atoms with van der Waals surface area (Å²) < 4.78 is 20.0. The van der Waals surface area contributed by atoms with Gasteiger partial charge in [0.05, 0.1) is 0 Å². The summed E-state index contributed by atoms with van der Waals surface area (Å²) in [5.41, 5.74) is 0. The van der Waals surface area contributed by atoms with Crippen LogP contribution in [0.2, 0.25) is 0 Å². The highest BCUT2D eigenvalue weighted by Gasteiger charge is 1.90. The molecule has 2 aromatic carbocycles. The van der Waals surface area contributed by atoms with Crippen molar-refractivity contribution in [1.29, 1.82) is 0 Å². The number of fused-ring (bicyclic) bond motifs is 1. The van der Waals surface area contributed by atoms with Gasteiger partial charge in [-0.1, -0.05) is 96.0 Å².